The van der Waals surface area contributed by atoms with E-state index in [0.29, 0.717) is 16.3 Å². The highest BCUT2D eigenvalue weighted by molar-refractivity contribution is 7.17. The van der Waals surface area contributed by atoms with Gasteiger partial charge in [0.05, 0.1) is 12.8 Å². The molecule has 0 aliphatic rings. The number of hydrogen-bond donors (Lipinski definition) is 1. The number of methoxy groups -OCH3 is 1. The first-order valence-electron chi connectivity index (χ1n) is 9.13. The molecule has 0 radical (unpaired) electrons. The van der Waals surface area contributed by atoms with Gasteiger partial charge in [0.15, 0.2) is 6.10 Å². The number of nitrogens with zero attached hydrogens (tertiary/aromatic N) is 1. The van der Waals surface area contributed by atoms with E-state index in [4.69, 9.17) is 9.47 Å². The number of para-hydroxylation sites is 1. The van der Waals surface area contributed by atoms with Crippen LogP contribution in [0.3, 0.4) is 0 Å². The minimum absolute atomic E-state index is 0.280. The number of esters is 1. The lowest BCUT2D eigenvalue weighted by molar-refractivity contribution is -0.129. The normalized spacial score (nSPS) is 11.6. The van der Waals surface area contributed by atoms with Crippen LogP contribution in [0.5, 0.6) is 5.75 Å². The van der Waals surface area contributed by atoms with Crippen molar-refractivity contribution in [3.8, 4) is 16.3 Å². The van der Waals surface area contributed by atoms with E-state index in [0.717, 1.165) is 16.1 Å². The van der Waals surface area contributed by atoms with Crippen LogP contribution >= 0.6 is 11.3 Å². The predicted octanol–water partition coefficient (Wildman–Crippen LogP) is 3.99. The molecule has 0 unspecified atom stereocenters. The zero-order valence-corrected chi connectivity index (χ0v) is 17.3. The molecule has 150 valence electrons. The number of aromatic nitrogens is 1. The second-order valence-electron chi connectivity index (χ2n) is 6.38. The summed E-state index contributed by atoms with van der Waals surface area (Å²) in [4.78, 5) is 29.7. The molecule has 0 spiro atoms. The summed E-state index contributed by atoms with van der Waals surface area (Å²) >= 11 is 1.26. The van der Waals surface area contributed by atoms with Crippen molar-refractivity contribution >= 4 is 23.2 Å². The fourth-order valence-corrected chi connectivity index (χ4v) is 3.69. The molecule has 0 saturated heterocycles. The third-order valence-electron chi connectivity index (χ3n) is 4.30. The molecule has 0 fully saturated rings. The van der Waals surface area contributed by atoms with Crippen LogP contribution in [0.15, 0.2) is 54.6 Å². The summed E-state index contributed by atoms with van der Waals surface area (Å²) in [5, 5.41) is 3.51. The summed E-state index contributed by atoms with van der Waals surface area (Å²) in [5.74, 6) is -0.247. The Bertz CT molecular complexity index is 1000. The topological polar surface area (TPSA) is 77.5 Å². The van der Waals surface area contributed by atoms with Crippen LogP contribution in [-0.2, 0) is 16.1 Å². The number of ether oxygens (including phenoxy) is 2. The molecule has 7 heteroatoms. The van der Waals surface area contributed by atoms with Crippen molar-refractivity contribution in [1.29, 1.82) is 0 Å². The number of carbonyl (C=O) groups is 2. The maximum Gasteiger partial charge on any atom is 0.351 e. The van der Waals surface area contributed by atoms with Gasteiger partial charge >= 0.3 is 5.97 Å². The van der Waals surface area contributed by atoms with Gasteiger partial charge in [0.25, 0.3) is 5.91 Å². The quantitative estimate of drug-likeness (QED) is 0.596. The SMILES string of the molecule is COc1ccccc1CNC(=O)[C@H](C)OC(=O)c1sc(-c2ccccc2)nc1C. The van der Waals surface area contributed by atoms with Gasteiger partial charge in [-0.25, -0.2) is 9.78 Å². The second kappa shape index (κ2) is 9.34. The smallest absolute Gasteiger partial charge is 0.351 e. The van der Waals surface area contributed by atoms with E-state index in [9.17, 15) is 9.59 Å². The highest BCUT2D eigenvalue weighted by Crippen LogP contribution is 2.28. The van der Waals surface area contributed by atoms with Crippen LogP contribution in [0.4, 0.5) is 0 Å². The molecule has 2 aromatic carbocycles. The van der Waals surface area contributed by atoms with E-state index >= 15 is 0 Å². The van der Waals surface area contributed by atoms with Crippen molar-refractivity contribution in [2.45, 2.75) is 26.5 Å². The number of hydrogen-bond acceptors (Lipinski definition) is 6. The Morgan fingerprint density at radius 3 is 2.52 bits per heavy atom. The van der Waals surface area contributed by atoms with E-state index in [1.807, 2.05) is 54.6 Å². The summed E-state index contributed by atoms with van der Waals surface area (Å²) < 4.78 is 10.6. The fourth-order valence-electron chi connectivity index (χ4n) is 2.73. The number of benzene rings is 2. The van der Waals surface area contributed by atoms with Gasteiger partial charge in [-0.2, -0.15) is 0 Å². The molecule has 3 rings (SSSR count). The summed E-state index contributed by atoms with van der Waals surface area (Å²) in [5.41, 5.74) is 2.36. The van der Waals surface area contributed by atoms with Crippen LogP contribution < -0.4 is 10.1 Å². The summed E-state index contributed by atoms with van der Waals surface area (Å²) in [6, 6.07) is 17.0. The monoisotopic (exact) mass is 410 g/mol. The molecule has 29 heavy (non-hydrogen) atoms. The van der Waals surface area contributed by atoms with Crippen molar-refractivity contribution in [1.82, 2.24) is 10.3 Å². The number of nitrogens with one attached hydrogen (secondary N) is 1. The molecule has 0 saturated carbocycles. The molecule has 1 heterocycles. The first-order chi connectivity index (χ1) is 14.0. The molecule has 0 aliphatic heterocycles. The molecule has 0 aliphatic carbocycles. The van der Waals surface area contributed by atoms with Gasteiger partial charge in [-0.15, -0.1) is 11.3 Å². The minimum Gasteiger partial charge on any atom is -0.496 e. The molecular weight excluding hydrogens is 388 g/mol. The highest BCUT2D eigenvalue weighted by atomic mass is 32.1. The Balaban J connectivity index is 1.61. The zero-order valence-electron chi connectivity index (χ0n) is 16.5. The predicted molar refractivity (Wildman–Crippen MR) is 112 cm³/mol. The van der Waals surface area contributed by atoms with Gasteiger partial charge in [0.2, 0.25) is 0 Å². The number of carbonyl (C=O) groups excluding carboxylic acids is 2. The van der Waals surface area contributed by atoms with Crippen LogP contribution in [0.2, 0.25) is 0 Å². The fraction of sp³-hybridized carbons (Fsp3) is 0.227. The summed E-state index contributed by atoms with van der Waals surface area (Å²) in [6.45, 7) is 3.58. The average molecular weight is 410 g/mol. The lowest BCUT2D eigenvalue weighted by Crippen LogP contribution is -2.35. The van der Waals surface area contributed by atoms with Gasteiger partial charge in [0, 0.05) is 17.7 Å². The molecular formula is C22H22N2O4S. The number of rotatable bonds is 7. The number of aryl methyl sites for hydroxylation is 1. The minimum atomic E-state index is -0.932. The zero-order chi connectivity index (χ0) is 20.8. The van der Waals surface area contributed by atoms with Gasteiger partial charge < -0.3 is 14.8 Å². The van der Waals surface area contributed by atoms with Crippen molar-refractivity contribution in [3.63, 3.8) is 0 Å². The summed E-state index contributed by atoms with van der Waals surface area (Å²) in [6.07, 6.45) is -0.932. The molecule has 0 bridgehead atoms. The lowest BCUT2D eigenvalue weighted by atomic mass is 10.2. The average Bonchev–Trinajstić information content (AvgIpc) is 3.14. The molecule has 6 nitrogen and oxygen atoms in total. The van der Waals surface area contributed by atoms with Gasteiger partial charge in [0.1, 0.15) is 15.6 Å². The molecule has 1 aromatic heterocycles. The van der Waals surface area contributed by atoms with Gasteiger partial charge in [-0.3, -0.25) is 4.79 Å². The van der Waals surface area contributed by atoms with E-state index in [1.54, 1.807) is 21.0 Å². The molecule has 1 atom stereocenters. The second-order valence-corrected chi connectivity index (χ2v) is 7.38. The Kier molecular flexibility index (Phi) is 6.61. The standard InChI is InChI=1S/C22H22N2O4S/c1-14-19(29-21(24-14)16-9-5-4-6-10-16)22(26)28-15(2)20(25)23-13-17-11-7-8-12-18(17)27-3/h4-12,15H,13H2,1-3H3,(H,23,25)/t15-/m0/s1. The van der Waals surface area contributed by atoms with Crippen LogP contribution in [-0.4, -0.2) is 30.1 Å². The Labute approximate surface area is 173 Å². The molecule has 1 N–H and O–H groups in total. The third-order valence-corrected chi connectivity index (χ3v) is 5.49. The van der Waals surface area contributed by atoms with E-state index in [-0.39, 0.29) is 12.5 Å². The Morgan fingerprint density at radius 2 is 1.79 bits per heavy atom. The third kappa shape index (κ3) is 5.00. The number of thiazole rings is 1. The Hall–Kier alpha value is -3.19. The van der Waals surface area contributed by atoms with Crippen molar-refractivity contribution in [2.24, 2.45) is 0 Å². The van der Waals surface area contributed by atoms with E-state index < -0.39 is 12.1 Å². The first-order valence-corrected chi connectivity index (χ1v) is 9.94. The maximum absolute atomic E-state index is 12.5. The first kappa shape index (κ1) is 20.5. The summed E-state index contributed by atoms with van der Waals surface area (Å²) in [7, 11) is 1.58. The van der Waals surface area contributed by atoms with Gasteiger partial charge in [-0.1, -0.05) is 48.5 Å². The number of amides is 1. The van der Waals surface area contributed by atoms with Crippen LogP contribution in [0.25, 0.3) is 10.6 Å². The van der Waals surface area contributed by atoms with Crippen molar-refractivity contribution in [2.75, 3.05) is 7.11 Å². The van der Waals surface area contributed by atoms with Crippen molar-refractivity contribution < 1.29 is 19.1 Å². The van der Waals surface area contributed by atoms with E-state index in [1.165, 1.54) is 11.3 Å². The molecule has 1 amide bonds. The largest absolute Gasteiger partial charge is 0.496 e. The van der Waals surface area contributed by atoms with Crippen LogP contribution in [0.1, 0.15) is 27.9 Å². The highest BCUT2D eigenvalue weighted by Gasteiger charge is 2.23. The van der Waals surface area contributed by atoms with E-state index in [2.05, 4.69) is 10.3 Å². The maximum atomic E-state index is 12.5. The Morgan fingerprint density at radius 1 is 1.10 bits per heavy atom. The van der Waals surface area contributed by atoms with Gasteiger partial charge in [-0.05, 0) is 19.9 Å². The molecule has 3 aromatic rings. The lowest BCUT2D eigenvalue weighted by Gasteiger charge is -2.14. The van der Waals surface area contributed by atoms with Crippen molar-refractivity contribution in [3.05, 3.63) is 70.7 Å². The van der Waals surface area contributed by atoms with Crippen LogP contribution in [0, 0.1) is 6.92 Å².